The lowest BCUT2D eigenvalue weighted by molar-refractivity contribution is -0.133. The summed E-state index contributed by atoms with van der Waals surface area (Å²) in [6.07, 6.45) is 17.0. The Morgan fingerprint density at radius 3 is 2.96 bits per heavy atom. The number of likely N-dealkylation sites (tertiary alicyclic amines) is 1. The van der Waals surface area contributed by atoms with Gasteiger partial charge in [0.05, 0.1) is 18.4 Å². The minimum Gasteiger partial charge on any atom is -0.354 e. The van der Waals surface area contributed by atoms with Gasteiger partial charge in [-0.25, -0.2) is 0 Å². The van der Waals surface area contributed by atoms with Crippen molar-refractivity contribution in [1.82, 2.24) is 9.80 Å². The molecule has 130 valence electrons. The van der Waals surface area contributed by atoms with Gasteiger partial charge in [-0.1, -0.05) is 31.9 Å². The molecule has 1 amide bonds. The van der Waals surface area contributed by atoms with Crippen molar-refractivity contribution in [2.75, 3.05) is 13.1 Å². The molecule has 2 heterocycles. The van der Waals surface area contributed by atoms with Crippen molar-refractivity contribution in [3.8, 4) is 0 Å². The van der Waals surface area contributed by atoms with Crippen LogP contribution in [0.5, 0.6) is 0 Å². The molecule has 4 rings (SSSR count). The highest BCUT2D eigenvalue weighted by Crippen LogP contribution is 2.36. The molecule has 4 aliphatic rings. The van der Waals surface area contributed by atoms with E-state index in [1.54, 1.807) is 0 Å². The van der Waals surface area contributed by atoms with Gasteiger partial charge in [0, 0.05) is 24.7 Å². The van der Waals surface area contributed by atoms with Crippen molar-refractivity contribution in [3.05, 3.63) is 23.8 Å². The molecule has 2 aliphatic carbocycles. The third-order valence-corrected chi connectivity index (χ3v) is 6.18. The summed E-state index contributed by atoms with van der Waals surface area (Å²) in [5.74, 6) is 0.979. The molecule has 24 heavy (non-hydrogen) atoms. The van der Waals surface area contributed by atoms with Crippen LogP contribution in [-0.2, 0) is 4.79 Å². The first-order valence-electron chi connectivity index (χ1n) is 9.78. The Hall–Kier alpha value is -1.58. The van der Waals surface area contributed by atoms with E-state index >= 15 is 0 Å². The minimum absolute atomic E-state index is 0.118. The van der Waals surface area contributed by atoms with Gasteiger partial charge in [0.1, 0.15) is 0 Å². The van der Waals surface area contributed by atoms with E-state index in [0.29, 0.717) is 12.1 Å². The Morgan fingerprint density at radius 1 is 1.25 bits per heavy atom. The molecule has 0 spiro atoms. The lowest BCUT2D eigenvalue weighted by Crippen LogP contribution is -2.50. The third-order valence-electron chi connectivity index (χ3n) is 6.18. The second kappa shape index (κ2) is 6.73. The zero-order valence-corrected chi connectivity index (χ0v) is 14.7. The van der Waals surface area contributed by atoms with Crippen molar-refractivity contribution >= 4 is 12.2 Å². The summed E-state index contributed by atoms with van der Waals surface area (Å²) in [6, 6.07) is 0.911. The van der Waals surface area contributed by atoms with E-state index < -0.39 is 0 Å². The fourth-order valence-corrected chi connectivity index (χ4v) is 4.98. The van der Waals surface area contributed by atoms with Crippen LogP contribution in [0.3, 0.4) is 0 Å². The number of rotatable bonds is 3. The number of hydrogen-bond donors (Lipinski definition) is 0. The number of amides is 1. The molecule has 2 aliphatic heterocycles. The lowest BCUT2D eigenvalue weighted by atomic mass is 9.78. The number of carbonyl (C=O) groups excluding carboxylic acids is 1. The highest BCUT2D eigenvalue weighted by atomic mass is 16.2. The standard InChI is InChI=1S/C20H29N3O/c1-2-11-22-14-21-17-13-16(9-10-19(17)22)20(24)23-12-5-7-15-6-3-4-8-18(15)23/h9-10,13-15,17-19H,2-8,11-12H2,1H3. The molecule has 0 N–H and O–H groups in total. The quantitative estimate of drug-likeness (QED) is 0.798. The van der Waals surface area contributed by atoms with E-state index in [1.165, 1.54) is 38.5 Å². The highest BCUT2D eigenvalue weighted by molar-refractivity contribution is 5.97. The Kier molecular flexibility index (Phi) is 4.47. The van der Waals surface area contributed by atoms with E-state index in [4.69, 9.17) is 0 Å². The molecular weight excluding hydrogens is 298 g/mol. The summed E-state index contributed by atoms with van der Waals surface area (Å²) >= 11 is 0. The summed E-state index contributed by atoms with van der Waals surface area (Å²) in [5.41, 5.74) is 0.859. The summed E-state index contributed by atoms with van der Waals surface area (Å²) in [5, 5.41) is 0. The lowest BCUT2D eigenvalue weighted by Gasteiger charge is -2.44. The molecular formula is C20H29N3O. The van der Waals surface area contributed by atoms with Crippen LogP contribution in [0, 0.1) is 5.92 Å². The van der Waals surface area contributed by atoms with Crippen molar-refractivity contribution in [1.29, 1.82) is 0 Å². The number of hydrogen-bond acceptors (Lipinski definition) is 3. The van der Waals surface area contributed by atoms with Crippen LogP contribution >= 0.6 is 0 Å². The monoisotopic (exact) mass is 327 g/mol. The van der Waals surface area contributed by atoms with Crippen LogP contribution in [0.4, 0.5) is 0 Å². The Bertz CT molecular complexity index is 577. The number of fused-ring (bicyclic) bond motifs is 2. The second-order valence-corrected chi connectivity index (χ2v) is 7.72. The molecule has 4 atom stereocenters. The second-order valence-electron chi connectivity index (χ2n) is 7.72. The van der Waals surface area contributed by atoms with Gasteiger partial charge in [-0.15, -0.1) is 0 Å². The molecule has 4 unspecified atom stereocenters. The number of piperidine rings is 1. The van der Waals surface area contributed by atoms with E-state index in [1.807, 2.05) is 12.4 Å². The molecule has 4 nitrogen and oxygen atoms in total. The predicted octanol–water partition coefficient (Wildman–Crippen LogP) is 3.15. The number of carbonyl (C=O) groups is 1. The molecule has 0 bridgehead atoms. The molecule has 0 aromatic carbocycles. The van der Waals surface area contributed by atoms with Crippen molar-refractivity contribution in [2.45, 2.75) is 70.0 Å². The number of nitrogens with zero attached hydrogens (tertiary/aromatic N) is 3. The Labute approximate surface area is 145 Å². The maximum atomic E-state index is 13.1. The largest absolute Gasteiger partial charge is 0.354 e. The van der Waals surface area contributed by atoms with Crippen molar-refractivity contribution in [3.63, 3.8) is 0 Å². The SMILES string of the molecule is CCCN1C=NC2C=C(C(=O)N3CCCC4CCCCC43)C=CC21. The van der Waals surface area contributed by atoms with Crippen LogP contribution in [-0.4, -0.2) is 53.3 Å². The molecule has 2 fully saturated rings. The van der Waals surface area contributed by atoms with Gasteiger partial charge < -0.3 is 9.80 Å². The van der Waals surface area contributed by atoms with Crippen molar-refractivity contribution in [2.24, 2.45) is 10.9 Å². The summed E-state index contributed by atoms with van der Waals surface area (Å²) in [7, 11) is 0. The first kappa shape index (κ1) is 15.9. The van der Waals surface area contributed by atoms with Gasteiger partial charge in [-0.3, -0.25) is 9.79 Å². The van der Waals surface area contributed by atoms with Crippen LogP contribution < -0.4 is 0 Å². The molecule has 1 saturated carbocycles. The summed E-state index contributed by atoms with van der Waals surface area (Å²) in [6.45, 7) is 4.15. The summed E-state index contributed by atoms with van der Waals surface area (Å²) in [4.78, 5) is 22.2. The molecule has 0 aromatic rings. The zero-order valence-electron chi connectivity index (χ0n) is 14.7. The Balaban J connectivity index is 1.48. The highest BCUT2D eigenvalue weighted by Gasteiger charge is 2.37. The maximum absolute atomic E-state index is 13.1. The van der Waals surface area contributed by atoms with Gasteiger partial charge in [0.2, 0.25) is 0 Å². The molecule has 1 saturated heterocycles. The van der Waals surface area contributed by atoms with Gasteiger partial charge >= 0.3 is 0 Å². The smallest absolute Gasteiger partial charge is 0.253 e. The normalized spacial score (nSPS) is 34.8. The van der Waals surface area contributed by atoms with Gasteiger partial charge in [-0.2, -0.15) is 0 Å². The number of aliphatic imine (C=N–C) groups is 1. The van der Waals surface area contributed by atoms with Gasteiger partial charge in [0.25, 0.3) is 5.91 Å². The molecule has 0 radical (unpaired) electrons. The zero-order chi connectivity index (χ0) is 16.5. The van der Waals surface area contributed by atoms with Crippen LogP contribution in [0.25, 0.3) is 0 Å². The fraction of sp³-hybridized carbons (Fsp3) is 0.700. The van der Waals surface area contributed by atoms with Crippen LogP contribution in [0.15, 0.2) is 28.8 Å². The van der Waals surface area contributed by atoms with E-state index in [-0.39, 0.29) is 11.9 Å². The first-order valence-corrected chi connectivity index (χ1v) is 9.78. The van der Waals surface area contributed by atoms with Gasteiger partial charge in [0.15, 0.2) is 0 Å². The average molecular weight is 327 g/mol. The van der Waals surface area contributed by atoms with E-state index in [9.17, 15) is 4.79 Å². The third kappa shape index (κ3) is 2.80. The fourth-order valence-electron chi connectivity index (χ4n) is 4.98. The van der Waals surface area contributed by atoms with Crippen LogP contribution in [0.1, 0.15) is 51.9 Å². The summed E-state index contributed by atoms with van der Waals surface area (Å²) < 4.78 is 0. The van der Waals surface area contributed by atoms with Crippen molar-refractivity contribution < 1.29 is 4.79 Å². The van der Waals surface area contributed by atoms with E-state index in [0.717, 1.165) is 31.0 Å². The molecule has 4 heteroatoms. The maximum Gasteiger partial charge on any atom is 0.253 e. The van der Waals surface area contributed by atoms with Gasteiger partial charge in [-0.05, 0) is 44.1 Å². The molecule has 0 aromatic heterocycles. The Morgan fingerprint density at radius 2 is 2.08 bits per heavy atom. The predicted molar refractivity (Wildman–Crippen MR) is 97.0 cm³/mol. The topological polar surface area (TPSA) is 35.9 Å². The van der Waals surface area contributed by atoms with Crippen LogP contribution in [0.2, 0.25) is 0 Å². The van der Waals surface area contributed by atoms with E-state index in [2.05, 4.69) is 33.9 Å². The minimum atomic E-state index is 0.118. The first-order chi connectivity index (χ1) is 11.8. The average Bonchev–Trinajstić information content (AvgIpc) is 3.03.